The van der Waals surface area contributed by atoms with Gasteiger partial charge in [-0.25, -0.2) is 9.67 Å². The Morgan fingerprint density at radius 3 is 2.86 bits per heavy atom. The molecule has 3 aromatic rings. The van der Waals surface area contributed by atoms with E-state index in [0.717, 1.165) is 0 Å². The lowest BCUT2D eigenvalue weighted by atomic mass is 10.2. The van der Waals surface area contributed by atoms with Crippen LogP contribution < -0.4 is 11.1 Å². The van der Waals surface area contributed by atoms with E-state index in [4.69, 9.17) is 10.2 Å². The molecule has 0 saturated heterocycles. The minimum Gasteiger partial charge on any atom is -0.455 e. The Balaban J connectivity index is 1.86. The van der Waals surface area contributed by atoms with Crippen molar-refractivity contribution in [1.29, 1.82) is 0 Å². The molecule has 0 radical (unpaired) electrons. The second-order valence-electron chi connectivity index (χ2n) is 4.28. The van der Waals surface area contributed by atoms with Crippen LogP contribution in [-0.2, 0) is 6.54 Å². The van der Waals surface area contributed by atoms with Crippen LogP contribution in [0.5, 0.6) is 0 Å². The van der Waals surface area contributed by atoms with E-state index in [-0.39, 0.29) is 18.2 Å². The molecule has 0 aliphatic rings. The molecule has 106 valence electrons. The molecule has 1 aromatic carbocycles. The third kappa shape index (κ3) is 2.67. The van der Waals surface area contributed by atoms with E-state index >= 15 is 0 Å². The van der Waals surface area contributed by atoms with E-state index in [0.29, 0.717) is 17.1 Å². The van der Waals surface area contributed by atoms with Crippen LogP contribution in [0.25, 0.3) is 5.69 Å². The number of nitrogens with one attached hydrogen (secondary N) is 1. The molecule has 0 spiro atoms. The number of hydrogen-bond donors (Lipinski definition) is 2. The number of nitrogens with zero attached hydrogens (tertiary/aromatic N) is 3. The molecule has 0 atom stereocenters. The van der Waals surface area contributed by atoms with Crippen LogP contribution in [0.3, 0.4) is 0 Å². The molecule has 3 N–H and O–H groups in total. The van der Waals surface area contributed by atoms with Crippen LogP contribution >= 0.6 is 0 Å². The first kappa shape index (κ1) is 13.1. The summed E-state index contributed by atoms with van der Waals surface area (Å²) in [7, 11) is 0. The number of anilines is 1. The minimum atomic E-state index is -0.345. The van der Waals surface area contributed by atoms with Crippen molar-refractivity contribution in [2.75, 3.05) is 5.32 Å². The lowest BCUT2D eigenvalue weighted by Crippen LogP contribution is -2.13. The fraction of sp³-hybridized carbons (Fsp3) is 0.0714. The Kier molecular flexibility index (Phi) is 3.48. The summed E-state index contributed by atoms with van der Waals surface area (Å²) in [5.41, 5.74) is 6.79. The molecule has 1 amide bonds. The van der Waals surface area contributed by atoms with Gasteiger partial charge in [-0.05, 0) is 24.3 Å². The quantitative estimate of drug-likeness (QED) is 0.757. The fourth-order valence-electron chi connectivity index (χ4n) is 1.91. The van der Waals surface area contributed by atoms with Crippen molar-refractivity contribution in [3.05, 3.63) is 60.6 Å². The van der Waals surface area contributed by atoms with Crippen LogP contribution in [0.1, 0.15) is 16.3 Å². The number of benzene rings is 1. The zero-order valence-corrected chi connectivity index (χ0v) is 11.1. The van der Waals surface area contributed by atoms with E-state index in [1.807, 2.05) is 18.2 Å². The van der Waals surface area contributed by atoms with Crippen molar-refractivity contribution in [1.82, 2.24) is 14.8 Å². The lowest BCUT2D eigenvalue weighted by Gasteiger charge is -2.09. The third-order valence-electron chi connectivity index (χ3n) is 2.90. The molecule has 21 heavy (non-hydrogen) atoms. The fourth-order valence-corrected chi connectivity index (χ4v) is 1.91. The minimum absolute atomic E-state index is 0.212. The second-order valence-corrected chi connectivity index (χ2v) is 4.28. The Labute approximate surface area is 120 Å². The predicted molar refractivity (Wildman–Crippen MR) is 75.9 cm³/mol. The highest BCUT2D eigenvalue weighted by Gasteiger charge is 2.13. The first-order chi connectivity index (χ1) is 10.3. The molecule has 2 heterocycles. The highest BCUT2D eigenvalue weighted by Crippen LogP contribution is 2.20. The van der Waals surface area contributed by atoms with Gasteiger partial charge in [-0.1, -0.05) is 12.1 Å². The maximum Gasteiger partial charge on any atom is 0.291 e. The summed E-state index contributed by atoms with van der Waals surface area (Å²) >= 11 is 0. The van der Waals surface area contributed by atoms with Crippen LogP contribution in [0.2, 0.25) is 0 Å². The first-order valence-corrected chi connectivity index (χ1v) is 6.32. The topological polar surface area (TPSA) is 99.0 Å². The molecule has 7 nitrogen and oxygen atoms in total. The SMILES string of the molecule is NCc1ccc(C(=O)Nc2ccccc2-n2cncn2)o1. The maximum absolute atomic E-state index is 12.2. The number of nitrogens with two attached hydrogens (primary N) is 1. The van der Waals surface area contributed by atoms with Crippen molar-refractivity contribution in [3.63, 3.8) is 0 Å². The Morgan fingerprint density at radius 1 is 1.29 bits per heavy atom. The van der Waals surface area contributed by atoms with Gasteiger partial charge in [-0.2, -0.15) is 5.10 Å². The molecule has 0 aliphatic heterocycles. The summed E-state index contributed by atoms with van der Waals surface area (Å²) in [6.45, 7) is 0.253. The summed E-state index contributed by atoms with van der Waals surface area (Å²) in [5, 5.41) is 6.85. The summed E-state index contributed by atoms with van der Waals surface area (Å²) in [6.07, 6.45) is 2.99. The molecule has 0 unspecified atom stereocenters. The highest BCUT2D eigenvalue weighted by atomic mass is 16.4. The number of aromatic nitrogens is 3. The van der Waals surface area contributed by atoms with E-state index in [1.54, 1.807) is 29.2 Å². The maximum atomic E-state index is 12.2. The normalized spacial score (nSPS) is 10.5. The number of furan rings is 1. The van der Waals surface area contributed by atoms with Crippen LogP contribution in [0.15, 0.2) is 53.5 Å². The van der Waals surface area contributed by atoms with Gasteiger partial charge < -0.3 is 15.5 Å². The van der Waals surface area contributed by atoms with Gasteiger partial charge in [0.25, 0.3) is 5.91 Å². The van der Waals surface area contributed by atoms with E-state index in [1.165, 1.54) is 6.33 Å². The van der Waals surface area contributed by atoms with Gasteiger partial charge in [-0.3, -0.25) is 4.79 Å². The molecule has 3 rings (SSSR count). The number of para-hydroxylation sites is 2. The number of rotatable bonds is 4. The number of carbonyl (C=O) groups excluding carboxylic acids is 1. The number of carbonyl (C=O) groups is 1. The molecule has 0 bridgehead atoms. The van der Waals surface area contributed by atoms with Gasteiger partial charge in [0.1, 0.15) is 18.4 Å². The van der Waals surface area contributed by atoms with Gasteiger partial charge >= 0.3 is 0 Å². The van der Waals surface area contributed by atoms with E-state index in [9.17, 15) is 4.79 Å². The van der Waals surface area contributed by atoms with Gasteiger partial charge in [0.2, 0.25) is 0 Å². The van der Waals surface area contributed by atoms with E-state index < -0.39 is 0 Å². The standard InChI is InChI=1S/C14H13N5O2/c15-7-10-5-6-13(21-10)14(20)18-11-3-1-2-4-12(11)19-9-16-8-17-19/h1-6,8-9H,7,15H2,(H,18,20). The third-order valence-corrected chi connectivity index (χ3v) is 2.90. The smallest absolute Gasteiger partial charge is 0.291 e. The van der Waals surface area contributed by atoms with Gasteiger partial charge in [0, 0.05) is 0 Å². The monoisotopic (exact) mass is 283 g/mol. The van der Waals surface area contributed by atoms with Crippen molar-refractivity contribution in [2.45, 2.75) is 6.54 Å². The summed E-state index contributed by atoms with van der Waals surface area (Å²) < 4.78 is 6.90. The van der Waals surface area contributed by atoms with Gasteiger partial charge in [0.15, 0.2) is 5.76 Å². The largest absolute Gasteiger partial charge is 0.455 e. The Morgan fingerprint density at radius 2 is 2.14 bits per heavy atom. The molecule has 0 fully saturated rings. The average molecular weight is 283 g/mol. The molecule has 0 aliphatic carbocycles. The molecule has 7 heteroatoms. The van der Waals surface area contributed by atoms with Crippen molar-refractivity contribution in [3.8, 4) is 5.69 Å². The van der Waals surface area contributed by atoms with Gasteiger partial charge in [-0.15, -0.1) is 0 Å². The molecule has 2 aromatic heterocycles. The molecular formula is C14H13N5O2. The molecular weight excluding hydrogens is 270 g/mol. The zero-order valence-electron chi connectivity index (χ0n) is 11.1. The predicted octanol–water partition coefficient (Wildman–Crippen LogP) is 1.57. The second kappa shape index (κ2) is 5.59. The van der Waals surface area contributed by atoms with E-state index in [2.05, 4.69) is 15.4 Å². The number of amides is 1. The molecule has 0 saturated carbocycles. The zero-order chi connectivity index (χ0) is 14.7. The lowest BCUT2D eigenvalue weighted by molar-refractivity contribution is 0.0995. The van der Waals surface area contributed by atoms with Crippen molar-refractivity contribution >= 4 is 11.6 Å². The average Bonchev–Trinajstić information content (AvgIpc) is 3.19. The summed E-state index contributed by atoms with van der Waals surface area (Å²) in [5.74, 6) is 0.427. The highest BCUT2D eigenvalue weighted by molar-refractivity contribution is 6.03. The first-order valence-electron chi connectivity index (χ1n) is 6.32. The van der Waals surface area contributed by atoms with Crippen molar-refractivity contribution < 1.29 is 9.21 Å². The summed E-state index contributed by atoms with van der Waals surface area (Å²) in [6, 6.07) is 10.6. The Bertz CT molecular complexity index is 748. The van der Waals surface area contributed by atoms with Crippen molar-refractivity contribution in [2.24, 2.45) is 5.73 Å². The number of hydrogen-bond acceptors (Lipinski definition) is 5. The van der Waals surface area contributed by atoms with Crippen LogP contribution in [0.4, 0.5) is 5.69 Å². The van der Waals surface area contributed by atoms with Crippen LogP contribution in [-0.4, -0.2) is 20.7 Å². The van der Waals surface area contributed by atoms with Gasteiger partial charge in [0.05, 0.1) is 17.9 Å². The summed E-state index contributed by atoms with van der Waals surface area (Å²) in [4.78, 5) is 16.1. The van der Waals surface area contributed by atoms with Crippen LogP contribution in [0, 0.1) is 0 Å². The Hall–Kier alpha value is -2.93.